The van der Waals surface area contributed by atoms with Crippen molar-refractivity contribution in [2.45, 2.75) is 82.1 Å². The number of unbranched alkanes of at least 4 members (excludes halogenated alkanes) is 2. The van der Waals surface area contributed by atoms with Gasteiger partial charge in [0, 0.05) is 10.3 Å². The van der Waals surface area contributed by atoms with Crippen LogP contribution in [0.1, 0.15) is 96.0 Å². The first-order valence-electron chi connectivity index (χ1n) is 12.3. The molecule has 33 heavy (non-hydrogen) atoms. The van der Waals surface area contributed by atoms with E-state index in [9.17, 15) is 9.90 Å². The summed E-state index contributed by atoms with van der Waals surface area (Å²) in [6, 6.07) is 12.4. The minimum absolute atomic E-state index is 0.0328. The SMILES string of the molecule is CCCCCC(O)c1ccc(C2CCC(Cl)[C@@H]2CCCc2ccc(C(=O)OCCO)s2)cc1. The Labute approximate surface area is 206 Å². The summed E-state index contributed by atoms with van der Waals surface area (Å²) in [5.74, 6) is 0.544. The van der Waals surface area contributed by atoms with Gasteiger partial charge in [-0.2, -0.15) is 0 Å². The molecule has 1 aliphatic rings. The number of carbonyl (C=O) groups excluding carboxylic acids is 1. The third-order valence-electron chi connectivity index (χ3n) is 6.71. The lowest BCUT2D eigenvalue weighted by Gasteiger charge is -2.23. The molecule has 0 saturated heterocycles. The standard InChI is InChI=1S/C27H37ClO4S/c1-2-3-4-8-25(30)20-11-9-19(10-12-20)22-14-15-24(28)23(22)7-5-6-21-13-16-26(33-21)27(31)32-18-17-29/h9-13,16,22-25,29-30H,2-8,14-15,17-18H2,1H3/t22?,23-,24?,25?/m1/s1. The molecule has 3 rings (SSSR count). The number of aliphatic hydroxyl groups is 2. The molecular weight excluding hydrogens is 456 g/mol. The highest BCUT2D eigenvalue weighted by Crippen LogP contribution is 2.45. The van der Waals surface area contributed by atoms with Crippen molar-refractivity contribution in [2.75, 3.05) is 13.2 Å². The quantitative estimate of drug-likeness (QED) is 0.187. The molecule has 182 valence electrons. The minimum atomic E-state index is -0.373. The van der Waals surface area contributed by atoms with Crippen molar-refractivity contribution in [3.8, 4) is 0 Å². The van der Waals surface area contributed by atoms with Gasteiger partial charge in [0.15, 0.2) is 0 Å². The first-order chi connectivity index (χ1) is 16.0. The number of thiophene rings is 1. The van der Waals surface area contributed by atoms with E-state index in [0.717, 1.165) is 56.9 Å². The summed E-state index contributed by atoms with van der Waals surface area (Å²) < 4.78 is 4.99. The van der Waals surface area contributed by atoms with E-state index >= 15 is 0 Å². The fourth-order valence-corrected chi connectivity index (χ4v) is 6.25. The maximum absolute atomic E-state index is 11.9. The lowest BCUT2D eigenvalue weighted by Crippen LogP contribution is -2.14. The molecule has 2 aromatic rings. The highest BCUT2D eigenvalue weighted by molar-refractivity contribution is 7.13. The lowest BCUT2D eigenvalue weighted by molar-refractivity contribution is 0.0439. The van der Waals surface area contributed by atoms with Gasteiger partial charge < -0.3 is 14.9 Å². The Bertz CT molecular complexity index is 850. The zero-order chi connectivity index (χ0) is 23.6. The normalized spacial score (nSPS) is 21.3. The van der Waals surface area contributed by atoms with Crippen LogP contribution in [0.3, 0.4) is 0 Å². The van der Waals surface area contributed by atoms with Crippen LogP contribution in [-0.2, 0) is 11.2 Å². The van der Waals surface area contributed by atoms with Gasteiger partial charge in [0.2, 0.25) is 0 Å². The van der Waals surface area contributed by atoms with Crippen LogP contribution in [0.25, 0.3) is 0 Å². The molecule has 1 aromatic heterocycles. The van der Waals surface area contributed by atoms with Gasteiger partial charge >= 0.3 is 5.97 Å². The average molecular weight is 493 g/mol. The Balaban J connectivity index is 1.52. The Hall–Kier alpha value is -1.40. The fourth-order valence-electron chi connectivity index (χ4n) is 4.88. The van der Waals surface area contributed by atoms with E-state index < -0.39 is 0 Å². The fraction of sp³-hybridized carbons (Fsp3) is 0.593. The van der Waals surface area contributed by atoms with Crippen molar-refractivity contribution < 1.29 is 19.7 Å². The molecule has 3 unspecified atom stereocenters. The van der Waals surface area contributed by atoms with Crippen LogP contribution in [0, 0.1) is 5.92 Å². The summed E-state index contributed by atoms with van der Waals surface area (Å²) in [6.07, 6.45) is 9.01. The number of rotatable bonds is 13. The Morgan fingerprint density at radius 3 is 2.67 bits per heavy atom. The summed E-state index contributed by atoms with van der Waals surface area (Å²) in [4.78, 5) is 13.7. The van der Waals surface area contributed by atoms with Gasteiger partial charge in [0.25, 0.3) is 0 Å². The average Bonchev–Trinajstić information content (AvgIpc) is 3.45. The van der Waals surface area contributed by atoms with Crippen LogP contribution in [0.15, 0.2) is 36.4 Å². The molecule has 6 heteroatoms. The van der Waals surface area contributed by atoms with Crippen LogP contribution in [0.5, 0.6) is 0 Å². The van der Waals surface area contributed by atoms with Crippen molar-refractivity contribution in [3.05, 3.63) is 57.3 Å². The van der Waals surface area contributed by atoms with Crippen molar-refractivity contribution in [2.24, 2.45) is 5.92 Å². The smallest absolute Gasteiger partial charge is 0.348 e. The van der Waals surface area contributed by atoms with Gasteiger partial charge in [0.1, 0.15) is 11.5 Å². The van der Waals surface area contributed by atoms with Crippen molar-refractivity contribution in [3.63, 3.8) is 0 Å². The number of hydrogen-bond donors (Lipinski definition) is 2. The molecule has 2 N–H and O–H groups in total. The largest absolute Gasteiger partial charge is 0.459 e. The summed E-state index contributed by atoms with van der Waals surface area (Å²) in [6.45, 7) is 2.05. The predicted molar refractivity (Wildman–Crippen MR) is 135 cm³/mol. The second-order valence-electron chi connectivity index (χ2n) is 9.06. The maximum Gasteiger partial charge on any atom is 0.348 e. The van der Waals surface area contributed by atoms with E-state index in [4.69, 9.17) is 21.4 Å². The molecular formula is C27H37ClO4S. The molecule has 0 radical (unpaired) electrons. The molecule has 1 aliphatic carbocycles. The summed E-state index contributed by atoms with van der Waals surface area (Å²) in [7, 11) is 0. The van der Waals surface area contributed by atoms with Crippen molar-refractivity contribution in [1.82, 2.24) is 0 Å². The van der Waals surface area contributed by atoms with Crippen LogP contribution in [-0.4, -0.2) is 34.8 Å². The summed E-state index contributed by atoms with van der Waals surface area (Å²) >= 11 is 8.20. The van der Waals surface area contributed by atoms with Crippen LogP contribution in [0.4, 0.5) is 0 Å². The van der Waals surface area contributed by atoms with Gasteiger partial charge in [0.05, 0.1) is 12.7 Å². The van der Waals surface area contributed by atoms with Gasteiger partial charge in [-0.15, -0.1) is 22.9 Å². The minimum Gasteiger partial charge on any atom is -0.459 e. The van der Waals surface area contributed by atoms with E-state index in [1.54, 1.807) is 6.07 Å². The van der Waals surface area contributed by atoms with Gasteiger partial charge in [-0.05, 0) is 73.6 Å². The van der Waals surface area contributed by atoms with Crippen LogP contribution in [0.2, 0.25) is 0 Å². The molecule has 1 saturated carbocycles. The number of hydrogen-bond acceptors (Lipinski definition) is 5. The number of alkyl halides is 1. The first kappa shape index (κ1) is 26.2. The molecule has 0 spiro atoms. The number of ether oxygens (including phenoxy) is 1. The van der Waals surface area contributed by atoms with Crippen LogP contribution >= 0.6 is 22.9 Å². The topological polar surface area (TPSA) is 66.8 Å². The Morgan fingerprint density at radius 2 is 1.94 bits per heavy atom. The zero-order valence-corrected chi connectivity index (χ0v) is 21.1. The van der Waals surface area contributed by atoms with E-state index in [0.29, 0.717) is 16.7 Å². The highest BCUT2D eigenvalue weighted by Gasteiger charge is 2.35. The summed E-state index contributed by atoms with van der Waals surface area (Å²) in [5, 5.41) is 19.4. The van der Waals surface area contributed by atoms with E-state index in [-0.39, 0.29) is 30.7 Å². The first-order valence-corrected chi connectivity index (χ1v) is 13.6. The van der Waals surface area contributed by atoms with Gasteiger partial charge in [-0.3, -0.25) is 0 Å². The van der Waals surface area contributed by atoms with Crippen molar-refractivity contribution >= 4 is 28.9 Å². The lowest BCUT2D eigenvalue weighted by atomic mass is 9.85. The van der Waals surface area contributed by atoms with E-state index in [1.165, 1.54) is 28.2 Å². The van der Waals surface area contributed by atoms with E-state index in [1.807, 2.05) is 6.07 Å². The number of benzene rings is 1. The third kappa shape index (κ3) is 7.54. The van der Waals surface area contributed by atoms with Gasteiger partial charge in [-0.1, -0.05) is 50.5 Å². The molecule has 4 nitrogen and oxygen atoms in total. The van der Waals surface area contributed by atoms with Crippen LogP contribution < -0.4 is 0 Å². The second-order valence-corrected chi connectivity index (χ2v) is 10.8. The van der Waals surface area contributed by atoms with Crippen molar-refractivity contribution in [1.29, 1.82) is 0 Å². The van der Waals surface area contributed by atoms with Gasteiger partial charge in [-0.25, -0.2) is 4.79 Å². The molecule has 1 aromatic carbocycles. The molecule has 4 atom stereocenters. The maximum atomic E-state index is 11.9. The Morgan fingerprint density at radius 1 is 1.15 bits per heavy atom. The molecule has 1 heterocycles. The third-order valence-corrected chi connectivity index (χ3v) is 8.38. The summed E-state index contributed by atoms with van der Waals surface area (Å²) in [5.41, 5.74) is 2.34. The molecule has 0 aliphatic heterocycles. The number of aryl methyl sites for hydroxylation is 1. The zero-order valence-electron chi connectivity index (χ0n) is 19.5. The number of carbonyl (C=O) groups is 1. The second kappa shape index (κ2) is 13.5. The molecule has 1 fully saturated rings. The molecule has 0 amide bonds. The number of halogens is 1. The number of esters is 1. The number of aliphatic hydroxyl groups excluding tert-OH is 2. The Kier molecular flexibility index (Phi) is 10.7. The highest BCUT2D eigenvalue weighted by atomic mass is 35.5. The van der Waals surface area contributed by atoms with E-state index in [2.05, 4.69) is 31.2 Å². The molecule has 0 bridgehead atoms. The monoisotopic (exact) mass is 492 g/mol. The predicted octanol–water partition coefficient (Wildman–Crippen LogP) is 6.63.